The molecule has 0 aromatic heterocycles. The van der Waals surface area contributed by atoms with Crippen LogP contribution in [0.5, 0.6) is 11.5 Å². The summed E-state index contributed by atoms with van der Waals surface area (Å²) >= 11 is 0. The average molecular weight is 470 g/mol. The summed E-state index contributed by atoms with van der Waals surface area (Å²) < 4.78 is 30.3. The zero-order chi connectivity index (χ0) is 24.2. The molecule has 2 heterocycles. The van der Waals surface area contributed by atoms with Gasteiger partial charge in [-0.05, 0) is 84.5 Å². The molecule has 4 rings (SSSR count). The van der Waals surface area contributed by atoms with E-state index < -0.39 is 0 Å². The Bertz CT molecular complexity index is 991. The number of hydrogen-bond acceptors (Lipinski definition) is 5. The number of Topliss-reactive ketones (excluding diaryl/α,β-unsaturated/α-hetero) is 1. The molecule has 2 aromatic rings. The topological polar surface area (TPSA) is 48.0 Å². The third-order valence-electron chi connectivity index (χ3n) is 7.28. The summed E-state index contributed by atoms with van der Waals surface area (Å²) in [7, 11) is 3.36. The van der Waals surface area contributed by atoms with E-state index in [0.717, 1.165) is 43.9 Å². The number of hydrogen-bond donors (Lipinski definition) is 0. The van der Waals surface area contributed by atoms with Crippen LogP contribution in [0.2, 0.25) is 0 Å². The number of carbonyl (C=O) groups excluding carboxylic acids is 1. The number of fused-ring (bicyclic) bond motifs is 3. The molecule has 1 saturated heterocycles. The maximum atomic E-state index is 13.2. The number of rotatable bonds is 9. The molecule has 6 heteroatoms. The molecule has 2 aliphatic rings. The van der Waals surface area contributed by atoms with Gasteiger partial charge in [0.2, 0.25) is 0 Å². The van der Waals surface area contributed by atoms with Gasteiger partial charge in [-0.3, -0.25) is 9.69 Å². The monoisotopic (exact) mass is 469 g/mol. The summed E-state index contributed by atoms with van der Waals surface area (Å²) in [5.74, 6) is 2.59. The quantitative estimate of drug-likeness (QED) is 0.465. The molecular formula is C28H36FNO4. The first-order chi connectivity index (χ1) is 16.4. The van der Waals surface area contributed by atoms with Crippen LogP contribution in [-0.2, 0) is 11.2 Å². The van der Waals surface area contributed by atoms with Crippen molar-refractivity contribution in [3.63, 3.8) is 0 Å². The Labute approximate surface area is 202 Å². The van der Waals surface area contributed by atoms with E-state index in [1.54, 1.807) is 14.2 Å². The van der Waals surface area contributed by atoms with Crippen LogP contribution in [0.15, 0.2) is 36.4 Å². The number of carbonyl (C=O) groups is 1. The van der Waals surface area contributed by atoms with E-state index in [9.17, 15) is 9.18 Å². The van der Waals surface area contributed by atoms with Gasteiger partial charge in [-0.15, -0.1) is 0 Å². The number of piperidine rings is 1. The minimum absolute atomic E-state index is 0.0204. The van der Waals surface area contributed by atoms with Gasteiger partial charge in [0.1, 0.15) is 12.4 Å². The molecule has 0 saturated carbocycles. The molecule has 1 fully saturated rings. The molecular weight excluding hydrogens is 433 g/mol. The third kappa shape index (κ3) is 5.44. The van der Waals surface area contributed by atoms with Crippen molar-refractivity contribution in [2.24, 2.45) is 17.8 Å². The van der Waals surface area contributed by atoms with Gasteiger partial charge in [0.05, 0.1) is 20.8 Å². The van der Waals surface area contributed by atoms with Crippen molar-refractivity contribution >= 4 is 5.78 Å². The van der Waals surface area contributed by atoms with Crippen molar-refractivity contribution in [3.8, 4) is 11.5 Å². The second-order valence-corrected chi connectivity index (χ2v) is 10.00. The van der Waals surface area contributed by atoms with Gasteiger partial charge in [0, 0.05) is 24.7 Å². The molecule has 0 bridgehead atoms. The Balaban J connectivity index is 1.48. The van der Waals surface area contributed by atoms with Crippen LogP contribution in [0.1, 0.15) is 54.2 Å². The van der Waals surface area contributed by atoms with E-state index in [1.807, 2.05) is 0 Å². The van der Waals surface area contributed by atoms with Gasteiger partial charge in [0.25, 0.3) is 0 Å². The molecule has 0 N–H and O–H groups in total. The molecule has 2 aromatic carbocycles. The highest BCUT2D eigenvalue weighted by molar-refractivity contribution is 5.97. The number of ether oxygens (including phenoxy) is 3. The molecule has 0 spiro atoms. The van der Waals surface area contributed by atoms with Gasteiger partial charge in [-0.1, -0.05) is 13.8 Å². The fourth-order valence-electron chi connectivity index (χ4n) is 5.60. The Morgan fingerprint density at radius 3 is 2.47 bits per heavy atom. The molecule has 3 atom stereocenters. The average Bonchev–Trinajstić information content (AvgIpc) is 2.83. The lowest BCUT2D eigenvalue weighted by Gasteiger charge is -2.47. The van der Waals surface area contributed by atoms with Crippen molar-refractivity contribution < 1.29 is 23.4 Å². The summed E-state index contributed by atoms with van der Waals surface area (Å²) in [6.45, 7) is 7.19. The molecule has 184 valence electrons. The maximum absolute atomic E-state index is 13.2. The zero-order valence-electron chi connectivity index (χ0n) is 20.7. The SMILES string of the molecule is COc1cc2c(cc1OC)[C@H]1C[C@@H](COCC(=O)c3ccc(F)cc3)[C@H](CC(C)C)CN1CC2. The predicted octanol–water partition coefficient (Wildman–Crippen LogP) is 5.32. The normalized spacial score (nSPS) is 22.2. The number of methoxy groups -OCH3 is 2. The van der Waals surface area contributed by atoms with Gasteiger partial charge < -0.3 is 14.2 Å². The van der Waals surface area contributed by atoms with Gasteiger partial charge >= 0.3 is 0 Å². The number of benzene rings is 2. The summed E-state index contributed by atoms with van der Waals surface area (Å²) in [6, 6.07) is 10.2. The molecule has 2 aliphatic heterocycles. The summed E-state index contributed by atoms with van der Waals surface area (Å²) in [5, 5.41) is 0. The van der Waals surface area contributed by atoms with Crippen LogP contribution in [0.4, 0.5) is 4.39 Å². The minimum Gasteiger partial charge on any atom is -0.493 e. The minimum atomic E-state index is -0.345. The Hall–Kier alpha value is -2.44. The lowest BCUT2D eigenvalue weighted by atomic mass is 9.74. The zero-order valence-corrected chi connectivity index (χ0v) is 20.7. The van der Waals surface area contributed by atoms with Crippen LogP contribution in [0.3, 0.4) is 0 Å². The smallest absolute Gasteiger partial charge is 0.188 e. The van der Waals surface area contributed by atoms with E-state index in [4.69, 9.17) is 14.2 Å². The Morgan fingerprint density at radius 2 is 1.79 bits per heavy atom. The largest absolute Gasteiger partial charge is 0.493 e. The van der Waals surface area contributed by atoms with Gasteiger partial charge in [0.15, 0.2) is 17.3 Å². The first-order valence-corrected chi connectivity index (χ1v) is 12.2. The van der Waals surface area contributed by atoms with Crippen LogP contribution in [0.25, 0.3) is 0 Å². The van der Waals surface area contributed by atoms with Crippen LogP contribution in [0, 0.1) is 23.6 Å². The summed E-state index contributed by atoms with van der Waals surface area (Å²) in [5.41, 5.74) is 3.13. The highest BCUT2D eigenvalue weighted by atomic mass is 19.1. The fraction of sp³-hybridized carbons (Fsp3) is 0.536. The van der Waals surface area contributed by atoms with E-state index in [2.05, 4.69) is 30.9 Å². The van der Waals surface area contributed by atoms with Crippen molar-refractivity contribution in [3.05, 3.63) is 58.9 Å². The van der Waals surface area contributed by atoms with E-state index in [1.165, 1.54) is 35.4 Å². The van der Waals surface area contributed by atoms with Gasteiger partial charge in [-0.25, -0.2) is 4.39 Å². The third-order valence-corrected chi connectivity index (χ3v) is 7.28. The lowest BCUT2D eigenvalue weighted by Crippen LogP contribution is -2.47. The first-order valence-electron chi connectivity index (χ1n) is 12.2. The van der Waals surface area contributed by atoms with Crippen molar-refractivity contribution in [2.75, 3.05) is 40.5 Å². The number of ketones is 1. The van der Waals surface area contributed by atoms with E-state index in [-0.39, 0.29) is 18.2 Å². The molecule has 5 nitrogen and oxygen atoms in total. The second-order valence-electron chi connectivity index (χ2n) is 10.00. The van der Waals surface area contributed by atoms with Crippen molar-refractivity contribution in [1.29, 1.82) is 0 Å². The van der Waals surface area contributed by atoms with Crippen LogP contribution >= 0.6 is 0 Å². The summed E-state index contributed by atoms with van der Waals surface area (Å²) in [4.78, 5) is 15.1. The molecule has 34 heavy (non-hydrogen) atoms. The van der Waals surface area contributed by atoms with Gasteiger partial charge in [-0.2, -0.15) is 0 Å². The highest BCUT2D eigenvalue weighted by Gasteiger charge is 2.39. The van der Waals surface area contributed by atoms with Crippen molar-refractivity contribution in [2.45, 2.75) is 39.2 Å². The molecule has 0 unspecified atom stereocenters. The maximum Gasteiger partial charge on any atom is 0.188 e. The fourth-order valence-corrected chi connectivity index (χ4v) is 5.60. The van der Waals surface area contributed by atoms with E-state index in [0.29, 0.717) is 36.0 Å². The Morgan fingerprint density at radius 1 is 1.09 bits per heavy atom. The number of nitrogens with zero attached hydrogens (tertiary/aromatic N) is 1. The Kier molecular flexibility index (Phi) is 7.89. The standard InChI is InChI=1S/C28H36FNO4/c1-18(2)11-21-15-30-10-9-20-13-27(32-3)28(33-4)14-24(20)25(30)12-22(21)16-34-17-26(31)19-5-7-23(29)8-6-19/h5-8,13-14,18,21-22,25H,9-12,15-17H2,1-4H3/t21-,22+,25-/m1/s1. The van der Waals surface area contributed by atoms with Crippen LogP contribution in [-0.4, -0.2) is 51.2 Å². The van der Waals surface area contributed by atoms with E-state index >= 15 is 0 Å². The number of halogens is 1. The predicted molar refractivity (Wildman–Crippen MR) is 130 cm³/mol. The van der Waals surface area contributed by atoms with Crippen LogP contribution < -0.4 is 9.47 Å². The lowest BCUT2D eigenvalue weighted by molar-refractivity contribution is -0.00279. The molecule has 0 aliphatic carbocycles. The first kappa shape index (κ1) is 24.7. The molecule has 0 radical (unpaired) electrons. The summed E-state index contributed by atoms with van der Waals surface area (Å²) in [6.07, 6.45) is 3.14. The van der Waals surface area contributed by atoms with Crippen molar-refractivity contribution in [1.82, 2.24) is 4.90 Å². The molecule has 0 amide bonds. The highest BCUT2D eigenvalue weighted by Crippen LogP contribution is 2.45. The second kappa shape index (κ2) is 10.9.